The predicted molar refractivity (Wildman–Crippen MR) is 44.0 cm³/mol. The van der Waals surface area contributed by atoms with E-state index in [1.807, 2.05) is 12.4 Å². The Morgan fingerprint density at radius 2 is 2.55 bits per heavy atom. The average molecular weight is 154 g/mol. The summed E-state index contributed by atoms with van der Waals surface area (Å²) >= 11 is 0. The van der Waals surface area contributed by atoms with Gasteiger partial charge in [-0.05, 0) is 19.5 Å². The molecule has 0 aliphatic rings. The first-order valence-electron chi connectivity index (χ1n) is 3.82. The Balaban J connectivity index is 2.04. The summed E-state index contributed by atoms with van der Waals surface area (Å²) < 4.78 is 0. The molecule has 1 heterocycles. The Morgan fingerprint density at radius 3 is 3.18 bits per heavy atom. The van der Waals surface area contributed by atoms with Gasteiger partial charge >= 0.3 is 0 Å². The second-order valence-electron chi connectivity index (χ2n) is 2.43. The highest BCUT2D eigenvalue weighted by molar-refractivity contribution is 5.01. The van der Waals surface area contributed by atoms with Crippen LogP contribution in [-0.4, -0.2) is 23.3 Å². The maximum absolute atomic E-state index is 5.33. The summed E-state index contributed by atoms with van der Waals surface area (Å²) in [6.45, 7) is 2.59. The van der Waals surface area contributed by atoms with Crippen molar-refractivity contribution >= 4 is 0 Å². The van der Waals surface area contributed by atoms with Crippen molar-refractivity contribution in [1.29, 1.82) is 0 Å². The van der Waals surface area contributed by atoms with Crippen LogP contribution in [0.3, 0.4) is 0 Å². The van der Waals surface area contributed by atoms with Gasteiger partial charge in [-0.1, -0.05) is 0 Å². The summed E-state index contributed by atoms with van der Waals surface area (Å²) in [5, 5.41) is 9.84. The van der Waals surface area contributed by atoms with Crippen molar-refractivity contribution in [2.24, 2.45) is 5.73 Å². The molecule has 4 N–H and O–H groups in total. The highest BCUT2D eigenvalue weighted by Crippen LogP contribution is 1.91. The van der Waals surface area contributed by atoms with Crippen molar-refractivity contribution < 1.29 is 0 Å². The maximum atomic E-state index is 5.33. The van der Waals surface area contributed by atoms with Crippen molar-refractivity contribution in [3.05, 3.63) is 18.0 Å². The van der Waals surface area contributed by atoms with Crippen LogP contribution in [0.4, 0.5) is 0 Å². The first-order valence-corrected chi connectivity index (χ1v) is 3.82. The molecule has 0 amide bonds. The van der Waals surface area contributed by atoms with E-state index < -0.39 is 0 Å². The van der Waals surface area contributed by atoms with Gasteiger partial charge in [0, 0.05) is 18.3 Å². The molecule has 0 bridgehead atoms. The molecule has 0 unspecified atom stereocenters. The van der Waals surface area contributed by atoms with Crippen LogP contribution in [0.25, 0.3) is 0 Å². The Kier molecular flexibility index (Phi) is 3.64. The molecule has 1 aromatic rings. The fraction of sp³-hybridized carbons (Fsp3) is 0.571. The first kappa shape index (κ1) is 8.23. The van der Waals surface area contributed by atoms with E-state index in [2.05, 4.69) is 15.5 Å². The molecule has 1 rings (SSSR count). The molecule has 0 aliphatic carbocycles. The molecular formula is C7H14N4. The molecule has 0 spiro atoms. The topological polar surface area (TPSA) is 66.7 Å². The lowest BCUT2D eigenvalue weighted by Gasteiger charge is -1.99. The van der Waals surface area contributed by atoms with Gasteiger partial charge in [-0.3, -0.25) is 5.10 Å². The van der Waals surface area contributed by atoms with Crippen LogP contribution in [-0.2, 0) is 6.54 Å². The van der Waals surface area contributed by atoms with E-state index >= 15 is 0 Å². The molecule has 0 radical (unpaired) electrons. The van der Waals surface area contributed by atoms with Gasteiger partial charge in [0.05, 0.1) is 6.20 Å². The van der Waals surface area contributed by atoms with Crippen LogP contribution in [0.2, 0.25) is 0 Å². The third-order valence-corrected chi connectivity index (χ3v) is 1.44. The highest BCUT2D eigenvalue weighted by Gasteiger charge is 1.90. The lowest BCUT2D eigenvalue weighted by molar-refractivity contribution is 0.655. The fourth-order valence-electron chi connectivity index (χ4n) is 0.834. The van der Waals surface area contributed by atoms with E-state index in [9.17, 15) is 0 Å². The molecule has 0 saturated carbocycles. The molecule has 11 heavy (non-hydrogen) atoms. The van der Waals surface area contributed by atoms with Crippen LogP contribution in [0.1, 0.15) is 12.0 Å². The van der Waals surface area contributed by atoms with E-state index in [1.165, 1.54) is 5.56 Å². The van der Waals surface area contributed by atoms with Crippen LogP contribution < -0.4 is 11.1 Å². The van der Waals surface area contributed by atoms with E-state index in [0.717, 1.165) is 26.1 Å². The standard InChI is InChI=1S/C7H14N4/c8-2-1-3-9-4-7-5-10-11-6-7/h5-6,9H,1-4,8H2,(H,10,11). The molecular weight excluding hydrogens is 140 g/mol. The SMILES string of the molecule is NCCCNCc1cn[nH]c1. The Labute approximate surface area is 66.2 Å². The summed E-state index contributed by atoms with van der Waals surface area (Å²) in [5.74, 6) is 0. The molecule has 62 valence electrons. The van der Waals surface area contributed by atoms with Gasteiger partial charge in [0.2, 0.25) is 0 Å². The van der Waals surface area contributed by atoms with Crippen molar-refractivity contribution in [3.63, 3.8) is 0 Å². The quantitative estimate of drug-likeness (QED) is 0.517. The van der Waals surface area contributed by atoms with Gasteiger partial charge in [-0.2, -0.15) is 5.10 Å². The summed E-state index contributed by atoms with van der Waals surface area (Å²) in [7, 11) is 0. The zero-order chi connectivity index (χ0) is 7.94. The van der Waals surface area contributed by atoms with Crippen LogP contribution in [0.15, 0.2) is 12.4 Å². The summed E-state index contributed by atoms with van der Waals surface area (Å²) in [6, 6.07) is 0. The molecule has 0 atom stereocenters. The van der Waals surface area contributed by atoms with Crippen LogP contribution in [0, 0.1) is 0 Å². The number of aromatic nitrogens is 2. The molecule has 0 aliphatic heterocycles. The number of H-pyrrole nitrogens is 1. The minimum Gasteiger partial charge on any atom is -0.330 e. The Bertz CT molecular complexity index is 171. The van der Waals surface area contributed by atoms with Gasteiger partial charge in [-0.15, -0.1) is 0 Å². The zero-order valence-corrected chi connectivity index (χ0v) is 6.51. The average Bonchev–Trinajstić information content (AvgIpc) is 2.50. The van der Waals surface area contributed by atoms with Crippen molar-refractivity contribution in [3.8, 4) is 0 Å². The molecule has 4 heteroatoms. The lowest BCUT2D eigenvalue weighted by Crippen LogP contribution is -2.17. The maximum Gasteiger partial charge on any atom is 0.0532 e. The third kappa shape index (κ3) is 3.15. The molecule has 1 aromatic heterocycles. The van der Waals surface area contributed by atoms with Crippen molar-refractivity contribution in [2.45, 2.75) is 13.0 Å². The number of aromatic amines is 1. The third-order valence-electron chi connectivity index (χ3n) is 1.44. The van der Waals surface area contributed by atoms with Gasteiger partial charge < -0.3 is 11.1 Å². The van der Waals surface area contributed by atoms with Crippen LogP contribution in [0.5, 0.6) is 0 Å². The smallest absolute Gasteiger partial charge is 0.0532 e. The number of rotatable bonds is 5. The first-order chi connectivity index (χ1) is 5.43. The monoisotopic (exact) mass is 154 g/mol. The number of hydrogen-bond acceptors (Lipinski definition) is 3. The van der Waals surface area contributed by atoms with Crippen molar-refractivity contribution in [2.75, 3.05) is 13.1 Å². The molecule has 0 fully saturated rings. The van der Waals surface area contributed by atoms with Crippen molar-refractivity contribution in [1.82, 2.24) is 15.5 Å². The fourth-order valence-corrected chi connectivity index (χ4v) is 0.834. The second-order valence-corrected chi connectivity index (χ2v) is 2.43. The Morgan fingerprint density at radius 1 is 1.64 bits per heavy atom. The molecule has 0 aromatic carbocycles. The van der Waals surface area contributed by atoms with Crippen LogP contribution >= 0.6 is 0 Å². The lowest BCUT2D eigenvalue weighted by atomic mass is 10.3. The minimum absolute atomic E-state index is 0.748. The minimum atomic E-state index is 0.748. The predicted octanol–water partition coefficient (Wildman–Crippen LogP) is -0.152. The number of hydrogen-bond donors (Lipinski definition) is 3. The number of nitrogens with one attached hydrogen (secondary N) is 2. The largest absolute Gasteiger partial charge is 0.330 e. The Hall–Kier alpha value is -0.870. The van der Waals surface area contributed by atoms with Gasteiger partial charge in [0.15, 0.2) is 0 Å². The highest BCUT2D eigenvalue weighted by atomic mass is 15.1. The summed E-state index contributed by atoms with van der Waals surface area (Å²) in [4.78, 5) is 0. The zero-order valence-electron chi connectivity index (χ0n) is 6.51. The van der Waals surface area contributed by atoms with E-state index in [4.69, 9.17) is 5.73 Å². The van der Waals surface area contributed by atoms with Gasteiger partial charge in [0.1, 0.15) is 0 Å². The van der Waals surface area contributed by atoms with E-state index in [1.54, 1.807) is 0 Å². The van der Waals surface area contributed by atoms with E-state index in [-0.39, 0.29) is 0 Å². The second kappa shape index (κ2) is 4.87. The molecule has 0 saturated heterocycles. The van der Waals surface area contributed by atoms with E-state index in [0.29, 0.717) is 0 Å². The normalized spacial score (nSPS) is 10.3. The van der Waals surface area contributed by atoms with Gasteiger partial charge in [0.25, 0.3) is 0 Å². The summed E-state index contributed by atoms with van der Waals surface area (Å²) in [6.07, 6.45) is 4.72. The van der Waals surface area contributed by atoms with Gasteiger partial charge in [-0.25, -0.2) is 0 Å². The molecule has 4 nitrogen and oxygen atoms in total. The number of nitrogens with two attached hydrogens (primary N) is 1. The number of nitrogens with zero attached hydrogens (tertiary/aromatic N) is 1. The summed E-state index contributed by atoms with van der Waals surface area (Å²) in [5.41, 5.74) is 6.51.